The van der Waals surface area contributed by atoms with Crippen LogP contribution in [0.15, 0.2) is 24.4 Å². The lowest BCUT2D eigenvalue weighted by atomic mass is 9.74. The minimum atomic E-state index is 0.196. The number of pyridine rings is 1. The van der Waals surface area contributed by atoms with Gasteiger partial charge in [0, 0.05) is 6.20 Å². The fourth-order valence-corrected chi connectivity index (χ4v) is 1.81. The van der Waals surface area contributed by atoms with Crippen LogP contribution in [0.4, 0.5) is 0 Å². The topological polar surface area (TPSA) is 24.9 Å². The molecule has 12 heavy (non-hydrogen) atoms. The van der Waals surface area contributed by atoms with E-state index in [4.69, 9.17) is 0 Å². The normalized spacial score (nSPS) is 20.1. The first-order valence-electron chi connectivity index (χ1n) is 4.48. The third-order valence-electron chi connectivity index (χ3n) is 2.84. The SMILES string of the molecule is CNC1(c2ccccn2)CCC1. The van der Waals surface area contributed by atoms with Crippen molar-refractivity contribution in [2.24, 2.45) is 0 Å². The van der Waals surface area contributed by atoms with E-state index in [1.54, 1.807) is 0 Å². The molecule has 1 fully saturated rings. The summed E-state index contributed by atoms with van der Waals surface area (Å²) in [7, 11) is 2.02. The van der Waals surface area contributed by atoms with Gasteiger partial charge in [-0.15, -0.1) is 0 Å². The highest BCUT2D eigenvalue weighted by Crippen LogP contribution is 2.39. The van der Waals surface area contributed by atoms with E-state index in [2.05, 4.69) is 22.4 Å². The van der Waals surface area contributed by atoms with Gasteiger partial charge in [-0.2, -0.15) is 0 Å². The van der Waals surface area contributed by atoms with Crippen LogP contribution < -0.4 is 5.32 Å². The van der Waals surface area contributed by atoms with Gasteiger partial charge in [-0.05, 0) is 38.4 Å². The monoisotopic (exact) mass is 162 g/mol. The summed E-state index contributed by atoms with van der Waals surface area (Å²) in [4.78, 5) is 4.38. The second-order valence-electron chi connectivity index (χ2n) is 3.40. The molecule has 2 rings (SSSR count). The van der Waals surface area contributed by atoms with Crippen molar-refractivity contribution in [3.63, 3.8) is 0 Å². The Morgan fingerprint density at radius 2 is 2.25 bits per heavy atom. The van der Waals surface area contributed by atoms with Gasteiger partial charge in [0.15, 0.2) is 0 Å². The average Bonchev–Trinajstić information content (AvgIpc) is 2.05. The van der Waals surface area contributed by atoms with Crippen LogP contribution in [0.25, 0.3) is 0 Å². The zero-order chi connectivity index (χ0) is 8.44. The zero-order valence-electron chi connectivity index (χ0n) is 7.38. The lowest BCUT2D eigenvalue weighted by molar-refractivity contribution is 0.194. The van der Waals surface area contributed by atoms with Crippen molar-refractivity contribution in [3.05, 3.63) is 30.1 Å². The molecule has 1 heterocycles. The van der Waals surface area contributed by atoms with E-state index in [0.717, 1.165) is 0 Å². The van der Waals surface area contributed by atoms with Crippen molar-refractivity contribution >= 4 is 0 Å². The lowest BCUT2D eigenvalue weighted by Gasteiger charge is -2.41. The van der Waals surface area contributed by atoms with Crippen molar-refractivity contribution < 1.29 is 0 Å². The molecule has 0 aromatic carbocycles. The number of hydrogen-bond donors (Lipinski definition) is 1. The first kappa shape index (κ1) is 7.74. The van der Waals surface area contributed by atoms with Gasteiger partial charge in [0.25, 0.3) is 0 Å². The molecule has 64 valence electrons. The van der Waals surface area contributed by atoms with E-state index in [1.807, 2.05) is 19.3 Å². The molecular weight excluding hydrogens is 148 g/mol. The van der Waals surface area contributed by atoms with Gasteiger partial charge in [0.1, 0.15) is 0 Å². The Balaban J connectivity index is 2.28. The third-order valence-corrected chi connectivity index (χ3v) is 2.84. The zero-order valence-corrected chi connectivity index (χ0v) is 7.38. The van der Waals surface area contributed by atoms with Crippen molar-refractivity contribution in [1.29, 1.82) is 0 Å². The molecule has 1 N–H and O–H groups in total. The third kappa shape index (κ3) is 1.03. The molecule has 0 amide bonds. The summed E-state index contributed by atoms with van der Waals surface area (Å²) in [6.45, 7) is 0. The lowest BCUT2D eigenvalue weighted by Crippen LogP contribution is -2.46. The van der Waals surface area contributed by atoms with Crippen molar-refractivity contribution in [1.82, 2.24) is 10.3 Å². The van der Waals surface area contributed by atoms with Crippen LogP contribution in [0.3, 0.4) is 0 Å². The van der Waals surface area contributed by atoms with E-state index in [0.29, 0.717) is 0 Å². The molecule has 0 spiro atoms. The Labute approximate surface area is 73.0 Å². The molecule has 0 unspecified atom stereocenters. The quantitative estimate of drug-likeness (QED) is 0.715. The van der Waals surface area contributed by atoms with Gasteiger partial charge in [0.2, 0.25) is 0 Å². The highest BCUT2D eigenvalue weighted by atomic mass is 15.0. The minimum absolute atomic E-state index is 0.196. The maximum atomic E-state index is 4.38. The van der Waals surface area contributed by atoms with E-state index < -0.39 is 0 Å². The molecule has 1 aromatic heterocycles. The molecule has 0 aliphatic heterocycles. The summed E-state index contributed by atoms with van der Waals surface area (Å²) in [6.07, 6.45) is 5.63. The first-order chi connectivity index (χ1) is 5.87. The second kappa shape index (κ2) is 2.87. The largest absolute Gasteiger partial charge is 0.309 e. The van der Waals surface area contributed by atoms with Crippen LogP contribution in [0.5, 0.6) is 0 Å². The van der Waals surface area contributed by atoms with E-state index in [9.17, 15) is 0 Å². The number of hydrogen-bond acceptors (Lipinski definition) is 2. The molecular formula is C10H14N2. The number of aromatic nitrogens is 1. The molecule has 1 saturated carbocycles. The maximum absolute atomic E-state index is 4.38. The molecule has 0 radical (unpaired) electrons. The van der Waals surface area contributed by atoms with Crippen LogP contribution in [-0.4, -0.2) is 12.0 Å². The Hall–Kier alpha value is -0.890. The van der Waals surface area contributed by atoms with Crippen LogP contribution in [-0.2, 0) is 5.54 Å². The minimum Gasteiger partial charge on any atom is -0.309 e. The number of nitrogens with zero attached hydrogens (tertiary/aromatic N) is 1. The van der Waals surface area contributed by atoms with Gasteiger partial charge in [-0.25, -0.2) is 0 Å². The van der Waals surface area contributed by atoms with Gasteiger partial charge < -0.3 is 5.32 Å². The summed E-state index contributed by atoms with van der Waals surface area (Å²) in [6, 6.07) is 6.13. The molecule has 1 aromatic rings. The molecule has 0 saturated heterocycles. The number of rotatable bonds is 2. The maximum Gasteiger partial charge on any atom is 0.0606 e. The van der Waals surface area contributed by atoms with Gasteiger partial charge >= 0.3 is 0 Å². The summed E-state index contributed by atoms with van der Waals surface area (Å²) < 4.78 is 0. The standard InChI is InChI=1S/C10H14N2/c1-11-10(6-4-7-10)9-5-2-3-8-12-9/h2-3,5,8,11H,4,6-7H2,1H3. The predicted octanol–water partition coefficient (Wildman–Crippen LogP) is 1.68. The molecule has 0 atom stereocenters. The Kier molecular flexibility index (Phi) is 1.85. The highest BCUT2D eigenvalue weighted by molar-refractivity contribution is 5.18. The second-order valence-corrected chi connectivity index (χ2v) is 3.40. The van der Waals surface area contributed by atoms with E-state index in [1.165, 1.54) is 25.0 Å². The summed E-state index contributed by atoms with van der Waals surface area (Å²) in [5.41, 5.74) is 1.39. The van der Waals surface area contributed by atoms with Gasteiger partial charge in [-0.1, -0.05) is 6.07 Å². The van der Waals surface area contributed by atoms with Crippen LogP contribution in [0.1, 0.15) is 25.0 Å². The fraction of sp³-hybridized carbons (Fsp3) is 0.500. The van der Waals surface area contributed by atoms with Crippen molar-refractivity contribution in [2.75, 3.05) is 7.05 Å². The summed E-state index contributed by atoms with van der Waals surface area (Å²) in [5.74, 6) is 0. The average molecular weight is 162 g/mol. The molecule has 1 aliphatic carbocycles. The summed E-state index contributed by atoms with van der Waals surface area (Å²) >= 11 is 0. The molecule has 2 nitrogen and oxygen atoms in total. The van der Waals surface area contributed by atoms with Gasteiger partial charge in [0.05, 0.1) is 11.2 Å². The van der Waals surface area contributed by atoms with Crippen LogP contribution in [0, 0.1) is 0 Å². The highest BCUT2D eigenvalue weighted by Gasteiger charge is 2.37. The van der Waals surface area contributed by atoms with E-state index >= 15 is 0 Å². The Bertz CT molecular complexity index is 246. The van der Waals surface area contributed by atoms with E-state index in [-0.39, 0.29) is 5.54 Å². The molecule has 1 aliphatic rings. The summed E-state index contributed by atoms with van der Waals surface area (Å²) in [5, 5.41) is 3.37. The number of nitrogens with one attached hydrogen (secondary N) is 1. The van der Waals surface area contributed by atoms with Crippen LogP contribution >= 0.6 is 0 Å². The molecule has 2 heteroatoms. The fourth-order valence-electron chi connectivity index (χ4n) is 1.81. The van der Waals surface area contributed by atoms with Gasteiger partial charge in [-0.3, -0.25) is 4.98 Å². The first-order valence-corrected chi connectivity index (χ1v) is 4.48. The Morgan fingerprint density at radius 1 is 1.42 bits per heavy atom. The van der Waals surface area contributed by atoms with Crippen molar-refractivity contribution in [3.8, 4) is 0 Å². The molecule has 0 bridgehead atoms. The van der Waals surface area contributed by atoms with Crippen molar-refractivity contribution in [2.45, 2.75) is 24.8 Å². The Morgan fingerprint density at radius 3 is 2.67 bits per heavy atom. The van der Waals surface area contributed by atoms with Crippen LogP contribution in [0.2, 0.25) is 0 Å². The smallest absolute Gasteiger partial charge is 0.0606 e. The predicted molar refractivity (Wildman–Crippen MR) is 48.8 cm³/mol.